The molecule has 7 nitrogen and oxygen atoms in total. The van der Waals surface area contributed by atoms with Gasteiger partial charge in [-0.1, -0.05) is 42.0 Å². The lowest BCUT2D eigenvalue weighted by Crippen LogP contribution is -2.48. The van der Waals surface area contributed by atoms with Crippen molar-refractivity contribution in [2.45, 2.75) is 19.4 Å². The van der Waals surface area contributed by atoms with E-state index < -0.39 is 6.04 Å². The number of benzene rings is 4. The van der Waals surface area contributed by atoms with Gasteiger partial charge in [-0.2, -0.15) is 0 Å². The number of aryl methyl sites for hydroxylation is 1. The van der Waals surface area contributed by atoms with Crippen molar-refractivity contribution in [3.63, 3.8) is 0 Å². The third kappa shape index (κ3) is 8.08. The van der Waals surface area contributed by atoms with Gasteiger partial charge in [0.05, 0.1) is 14.2 Å². The van der Waals surface area contributed by atoms with Crippen LogP contribution in [0.5, 0.6) is 11.5 Å². The van der Waals surface area contributed by atoms with Gasteiger partial charge in [0.1, 0.15) is 23.4 Å². The Morgan fingerprint density at radius 1 is 0.854 bits per heavy atom. The van der Waals surface area contributed by atoms with Gasteiger partial charge in [-0.05, 0) is 72.6 Å². The minimum atomic E-state index is -0.807. The van der Waals surface area contributed by atoms with Crippen molar-refractivity contribution in [2.24, 2.45) is 0 Å². The SMILES string of the molecule is COc1ccc(NCCNC(=O)[C@H](Cc2ccc(-c3cc(F)ccc3OC)cc2)NC(=O)c2cccc(C)c2)cc1. The van der Waals surface area contributed by atoms with Gasteiger partial charge in [-0.25, -0.2) is 4.39 Å². The first kappa shape index (κ1) is 29.1. The number of carbonyl (C=O) groups is 2. The molecule has 0 saturated carbocycles. The van der Waals surface area contributed by atoms with Crippen molar-refractivity contribution in [3.05, 3.63) is 114 Å². The van der Waals surface area contributed by atoms with Crippen LogP contribution < -0.4 is 25.4 Å². The molecule has 1 atom stereocenters. The van der Waals surface area contributed by atoms with E-state index in [1.807, 2.05) is 67.6 Å². The molecule has 2 amide bonds. The van der Waals surface area contributed by atoms with Crippen LogP contribution in [0, 0.1) is 12.7 Å². The molecule has 0 unspecified atom stereocenters. The van der Waals surface area contributed by atoms with Crippen molar-refractivity contribution >= 4 is 17.5 Å². The number of methoxy groups -OCH3 is 2. The van der Waals surface area contributed by atoms with Crippen LogP contribution in [-0.4, -0.2) is 45.2 Å². The summed E-state index contributed by atoms with van der Waals surface area (Å²) in [5.41, 5.74) is 4.58. The second kappa shape index (κ2) is 14.0. The van der Waals surface area contributed by atoms with Crippen LogP contribution in [0.25, 0.3) is 11.1 Å². The van der Waals surface area contributed by atoms with Gasteiger partial charge in [0.25, 0.3) is 5.91 Å². The quantitative estimate of drug-likeness (QED) is 0.204. The second-order valence-electron chi connectivity index (χ2n) is 9.59. The molecule has 0 bridgehead atoms. The largest absolute Gasteiger partial charge is 0.497 e. The Kier molecular flexibility index (Phi) is 9.94. The summed E-state index contributed by atoms with van der Waals surface area (Å²) >= 11 is 0. The first-order valence-electron chi connectivity index (χ1n) is 13.3. The number of nitrogens with one attached hydrogen (secondary N) is 3. The molecule has 212 valence electrons. The van der Waals surface area contributed by atoms with Gasteiger partial charge in [0.15, 0.2) is 0 Å². The van der Waals surface area contributed by atoms with Gasteiger partial charge < -0.3 is 25.4 Å². The highest BCUT2D eigenvalue weighted by atomic mass is 19.1. The topological polar surface area (TPSA) is 88.7 Å². The normalized spacial score (nSPS) is 11.3. The van der Waals surface area contributed by atoms with Crippen LogP contribution in [0.1, 0.15) is 21.5 Å². The molecule has 4 aromatic carbocycles. The molecule has 0 saturated heterocycles. The van der Waals surface area contributed by atoms with E-state index >= 15 is 0 Å². The Morgan fingerprint density at radius 2 is 1.61 bits per heavy atom. The zero-order valence-electron chi connectivity index (χ0n) is 23.4. The van der Waals surface area contributed by atoms with Crippen LogP contribution in [0.3, 0.4) is 0 Å². The molecule has 0 aliphatic rings. The number of amides is 2. The van der Waals surface area contributed by atoms with Crippen LogP contribution in [0.15, 0.2) is 91.0 Å². The fourth-order valence-corrected chi connectivity index (χ4v) is 4.42. The zero-order valence-corrected chi connectivity index (χ0v) is 23.4. The smallest absolute Gasteiger partial charge is 0.251 e. The standard InChI is InChI=1S/C33H34FN3O4/c1-22-5-4-6-25(19-22)32(38)37-30(33(39)36-18-17-35-27-12-14-28(40-2)15-13-27)20-23-7-9-24(10-8-23)29-21-26(34)11-16-31(29)41-3/h4-16,19,21,30,35H,17-18,20H2,1-3H3,(H,36,39)(H,37,38)/t30-/m0/s1. The van der Waals surface area contributed by atoms with Gasteiger partial charge in [0.2, 0.25) is 5.91 Å². The van der Waals surface area contributed by atoms with E-state index in [9.17, 15) is 14.0 Å². The summed E-state index contributed by atoms with van der Waals surface area (Å²) in [6.45, 7) is 2.77. The first-order chi connectivity index (χ1) is 19.9. The van der Waals surface area contributed by atoms with Crippen molar-refractivity contribution in [1.29, 1.82) is 0 Å². The molecule has 0 heterocycles. The third-order valence-electron chi connectivity index (χ3n) is 6.61. The van der Waals surface area contributed by atoms with Crippen LogP contribution in [-0.2, 0) is 11.2 Å². The van der Waals surface area contributed by atoms with Crippen LogP contribution in [0.4, 0.5) is 10.1 Å². The molecule has 0 aromatic heterocycles. The molecule has 4 rings (SSSR count). The lowest BCUT2D eigenvalue weighted by atomic mass is 9.99. The summed E-state index contributed by atoms with van der Waals surface area (Å²) in [5, 5.41) is 9.07. The molecule has 0 aliphatic carbocycles. The van der Waals surface area contributed by atoms with E-state index in [1.54, 1.807) is 25.3 Å². The van der Waals surface area contributed by atoms with E-state index in [0.717, 1.165) is 28.1 Å². The highest BCUT2D eigenvalue weighted by Crippen LogP contribution is 2.31. The Balaban J connectivity index is 1.45. The fourth-order valence-electron chi connectivity index (χ4n) is 4.42. The maximum absolute atomic E-state index is 13.9. The number of carbonyl (C=O) groups excluding carboxylic acids is 2. The van der Waals surface area contributed by atoms with Crippen molar-refractivity contribution in [3.8, 4) is 22.6 Å². The Bertz CT molecular complexity index is 1470. The summed E-state index contributed by atoms with van der Waals surface area (Å²) < 4.78 is 24.5. The number of rotatable bonds is 12. The molecule has 41 heavy (non-hydrogen) atoms. The minimum Gasteiger partial charge on any atom is -0.497 e. The molecular formula is C33H34FN3O4. The first-order valence-corrected chi connectivity index (χ1v) is 13.3. The Hall–Kier alpha value is -4.85. The third-order valence-corrected chi connectivity index (χ3v) is 6.61. The van der Waals surface area contributed by atoms with Crippen molar-refractivity contribution in [2.75, 3.05) is 32.6 Å². The van der Waals surface area contributed by atoms with Crippen molar-refractivity contribution in [1.82, 2.24) is 10.6 Å². The molecule has 0 spiro atoms. The Morgan fingerprint density at radius 3 is 2.29 bits per heavy atom. The molecule has 4 aromatic rings. The summed E-state index contributed by atoms with van der Waals surface area (Å²) in [5.74, 6) is 0.343. The number of halogens is 1. The average Bonchev–Trinajstić information content (AvgIpc) is 2.99. The van der Waals surface area contributed by atoms with Crippen LogP contribution in [0.2, 0.25) is 0 Å². The molecule has 3 N–H and O–H groups in total. The van der Waals surface area contributed by atoms with Crippen molar-refractivity contribution < 1.29 is 23.5 Å². The summed E-state index contributed by atoms with van der Waals surface area (Å²) in [6.07, 6.45) is 0.274. The van der Waals surface area contributed by atoms with E-state index in [1.165, 1.54) is 19.2 Å². The number of hydrogen-bond donors (Lipinski definition) is 3. The maximum atomic E-state index is 13.9. The molecule has 0 fully saturated rings. The van der Waals surface area contributed by atoms with Gasteiger partial charge in [0, 0.05) is 36.3 Å². The fraction of sp³-hybridized carbons (Fsp3) is 0.212. The number of ether oxygens (including phenoxy) is 2. The van der Waals surface area contributed by atoms with Crippen LogP contribution >= 0.6 is 0 Å². The highest BCUT2D eigenvalue weighted by Gasteiger charge is 2.22. The van der Waals surface area contributed by atoms with Gasteiger partial charge in [-0.15, -0.1) is 0 Å². The molecular weight excluding hydrogens is 521 g/mol. The van der Waals surface area contributed by atoms with Gasteiger partial charge in [-0.3, -0.25) is 9.59 Å². The number of hydrogen-bond acceptors (Lipinski definition) is 5. The van der Waals surface area contributed by atoms with Gasteiger partial charge >= 0.3 is 0 Å². The molecule has 0 aliphatic heterocycles. The monoisotopic (exact) mass is 555 g/mol. The predicted octanol–water partition coefficient (Wildman–Crippen LogP) is 5.39. The summed E-state index contributed by atoms with van der Waals surface area (Å²) in [7, 11) is 3.15. The lowest BCUT2D eigenvalue weighted by molar-refractivity contribution is -0.122. The summed E-state index contributed by atoms with van der Waals surface area (Å²) in [6, 6.07) is 25.7. The van der Waals surface area contributed by atoms with E-state index in [-0.39, 0.29) is 24.1 Å². The predicted molar refractivity (Wildman–Crippen MR) is 159 cm³/mol. The van der Waals surface area contributed by atoms with E-state index in [4.69, 9.17) is 9.47 Å². The highest BCUT2D eigenvalue weighted by molar-refractivity contribution is 5.97. The molecule has 0 radical (unpaired) electrons. The molecule has 8 heteroatoms. The van der Waals surface area contributed by atoms with E-state index in [0.29, 0.717) is 30.0 Å². The minimum absolute atomic E-state index is 0.274. The van der Waals surface area contributed by atoms with E-state index in [2.05, 4.69) is 16.0 Å². The zero-order chi connectivity index (χ0) is 29.2. The Labute approximate surface area is 239 Å². The second-order valence-corrected chi connectivity index (χ2v) is 9.59. The maximum Gasteiger partial charge on any atom is 0.251 e. The average molecular weight is 556 g/mol. The lowest BCUT2D eigenvalue weighted by Gasteiger charge is -2.19. The number of anilines is 1. The summed E-state index contributed by atoms with van der Waals surface area (Å²) in [4.78, 5) is 26.3.